The molecule has 1 aromatic heterocycles. The van der Waals surface area contributed by atoms with Gasteiger partial charge < -0.3 is 74.8 Å². The number of hydrogen-bond acceptors (Lipinski definition) is 16. The molecule has 3 heterocycles. The lowest BCUT2D eigenvalue weighted by Crippen LogP contribution is -2.60. The van der Waals surface area contributed by atoms with Gasteiger partial charge in [0.2, 0.25) is 6.29 Å². The first-order chi connectivity index (χ1) is 20.4. The molecule has 16 nitrogen and oxygen atoms in total. The minimum atomic E-state index is -1.88. The number of hydrogen-bond donors (Lipinski definition) is 11. The summed E-state index contributed by atoms with van der Waals surface area (Å²) in [7, 11) is 0. The van der Waals surface area contributed by atoms with E-state index in [9.17, 15) is 61.0 Å². The molecule has 2 fully saturated rings. The number of phenols is 3. The van der Waals surface area contributed by atoms with Crippen LogP contribution in [0.3, 0.4) is 0 Å². The third-order valence-electron chi connectivity index (χ3n) is 7.51. The molecule has 11 N–H and O–H groups in total. The van der Waals surface area contributed by atoms with E-state index < -0.39 is 108 Å². The van der Waals surface area contributed by atoms with E-state index in [0.29, 0.717) is 0 Å². The standard InChI is InChI=1S/C27H30O16/c28-6-15-19(34)21(36)23(38)26(41-15)18-11(32)4-10(31)17-12(33)5-13(40-25(17)18)8-1-2-9(30)14(3-8)42-27-24(39)22(37)20(35)16(7-29)43-27/h1-5,15-16,19-24,26-32,34-39H,6-7H2. The minimum Gasteiger partial charge on any atom is -0.507 e. The third-order valence-corrected chi connectivity index (χ3v) is 7.51. The Morgan fingerprint density at radius 1 is 0.698 bits per heavy atom. The summed E-state index contributed by atoms with van der Waals surface area (Å²) in [5.74, 6) is -2.48. The Balaban J connectivity index is 1.58. The van der Waals surface area contributed by atoms with E-state index in [2.05, 4.69) is 0 Å². The smallest absolute Gasteiger partial charge is 0.229 e. The van der Waals surface area contributed by atoms with Crippen molar-refractivity contribution in [3.8, 4) is 34.3 Å². The van der Waals surface area contributed by atoms with Crippen molar-refractivity contribution < 1.29 is 74.8 Å². The summed E-state index contributed by atoms with van der Waals surface area (Å²) in [4.78, 5) is 13.2. The van der Waals surface area contributed by atoms with Gasteiger partial charge in [-0.2, -0.15) is 0 Å². The van der Waals surface area contributed by atoms with Gasteiger partial charge in [-0.05, 0) is 18.2 Å². The fraction of sp³-hybridized carbons (Fsp3) is 0.444. The zero-order valence-corrected chi connectivity index (χ0v) is 22.0. The van der Waals surface area contributed by atoms with Gasteiger partial charge in [-0.15, -0.1) is 0 Å². The van der Waals surface area contributed by atoms with Gasteiger partial charge in [0.05, 0.1) is 18.8 Å². The molecule has 0 amide bonds. The molecule has 3 aromatic rings. The second kappa shape index (κ2) is 11.9. The number of phenolic OH excluding ortho intramolecular Hbond substituents is 3. The number of rotatable bonds is 6. The predicted molar refractivity (Wildman–Crippen MR) is 140 cm³/mol. The maximum atomic E-state index is 13.2. The average molecular weight is 611 g/mol. The van der Waals surface area contributed by atoms with Crippen molar-refractivity contribution in [3.63, 3.8) is 0 Å². The van der Waals surface area contributed by atoms with Crippen molar-refractivity contribution in [1.82, 2.24) is 0 Å². The molecule has 0 radical (unpaired) electrons. The topological polar surface area (TPSA) is 280 Å². The van der Waals surface area contributed by atoms with E-state index in [4.69, 9.17) is 18.6 Å². The zero-order chi connectivity index (χ0) is 31.3. The van der Waals surface area contributed by atoms with Gasteiger partial charge in [-0.3, -0.25) is 4.79 Å². The first-order valence-electron chi connectivity index (χ1n) is 13.0. The highest BCUT2D eigenvalue weighted by Crippen LogP contribution is 2.44. The van der Waals surface area contributed by atoms with Crippen LogP contribution in [0.15, 0.2) is 39.5 Å². The van der Waals surface area contributed by atoms with Crippen LogP contribution in [0.25, 0.3) is 22.3 Å². The van der Waals surface area contributed by atoms with E-state index >= 15 is 0 Å². The molecule has 0 spiro atoms. The summed E-state index contributed by atoms with van der Waals surface area (Å²) in [6, 6.07) is 5.31. The molecule has 5 rings (SSSR count). The number of aromatic hydroxyl groups is 3. The minimum absolute atomic E-state index is 0.0546. The Morgan fingerprint density at radius 2 is 1.33 bits per heavy atom. The van der Waals surface area contributed by atoms with Gasteiger partial charge in [0.25, 0.3) is 0 Å². The predicted octanol–water partition coefficient (Wildman–Crippen LogP) is -2.73. The van der Waals surface area contributed by atoms with Crippen LogP contribution >= 0.6 is 0 Å². The summed E-state index contributed by atoms with van der Waals surface area (Å²) in [6.07, 6.45) is -16.6. The highest BCUT2D eigenvalue weighted by Gasteiger charge is 2.47. The number of benzene rings is 2. The van der Waals surface area contributed by atoms with Crippen molar-refractivity contribution in [2.45, 2.75) is 61.2 Å². The molecule has 0 saturated carbocycles. The monoisotopic (exact) mass is 610 g/mol. The van der Waals surface area contributed by atoms with Crippen LogP contribution in [0, 0.1) is 0 Å². The van der Waals surface area contributed by atoms with Crippen molar-refractivity contribution in [1.29, 1.82) is 0 Å². The molecule has 234 valence electrons. The molecule has 2 aromatic carbocycles. The molecular formula is C27H30O16. The van der Waals surface area contributed by atoms with Gasteiger partial charge in [0.1, 0.15) is 77.6 Å². The van der Waals surface area contributed by atoms with Crippen LogP contribution in [0.1, 0.15) is 11.7 Å². The lowest BCUT2D eigenvalue weighted by molar-refractivity contribution is -0.277. The second-order valence-electron chi connectivity index (χ2n) is 10.3. The van der Waals surface area contributed by atoms with Crippen LogP contribution in [0.2, 0.25) is 0 Å². The van der Waals surface area contributed by atoms with Crippen LogP contribution in [0.4, 0.5) is 0 Å². The molecule has 2 aliphatic heterocycles. The molecular weight excluding hydrogens is 580 g/mol. The summed E-state index contributed by atoms with van der Waals surface area (Å²) in [5, 5.41) is 112. The maximum Gasteiger partial charge on any atom is 0.229 e. The lowest BCUT2D eigenvalue weighted by atomic mass is 9.89. The first-order valence-corrected chi connectivity index (χ1v) is 13.0. The summed E-state index contributed by atoms with van der Waals surface area (Å²) < 4.78 is 22.2. The Labute approximate surface area is 241 Å². The zero-order valence-electron chi connectivity index (χ0n) is 22.0. The normalized spacial score (nSPS) is 33.0. The Hall–Kier alpha value is -3.55. The largest absolute Gasteiger partial charge is 0.507 e. The van der Waals surface area contributed by atoms with E-state index in [1.807, 2.05) is 0 Å². The van der Waals surface area contributed by atoms with E-state index in [-0.39, 0.29) is 22.6 Å². The summed E-state index contributed by atoms with van der Waals surface area (Å²) in [6.45, 7) is -1.51. The fourth-order valence-corrected chi connectivity index (χ4v) is 5.13. The van der Waals surface area contributed by atoms with Gasteiger partial charge in [-0.25, -0.2) is 0 Å². The van der Waals surface area contributed by atoms with Gasteiger partial charge in [0.15, 0.2) is 22.5 Å². The second-order valence-corrected chi connectivity index (χ2v) is 10.3. The third kappa shape index (κ3) is 5.38. The highest BCUT2D eigenvalue weighted by molar-refractivity contribution is 5.89. The SMILES string of the molecule is O=c1cc(-c2ccc(O)c(OC3OC(CO)C(O)C(O)C3O)c2)oc2c(C3OC(CO)C(O)C(O)C3O)c(O)cc(O)c12. The molecule has 10 atom stereocenters. The molecule has 43 heavy (non-hydrogen) atoms. The van der Waals surface area contributed by atoms with Crippen molar-refractivity contribution >= 4 is 11.0 Å². The Bertz CT molecular complexity index is 1540. The van der Waals surface area contributed by atoms with Gasteiger partial charge in [-0.1, -0.05) is 0 Å². The molecule has 2 saturated heterocycles. The Kier molecular flexibility index (Phi) is 8.52. The van der Waals surface area contributed by atoms with Crippen LogP contribution in [-0.2, 0) is 9.47 Å². The Morgan fingerprint density at radius 3 is 1.98 bits per heavy atom. The molecule has 0 bridgehead atoms. The summed E-state index contributed by atoms with van der Waals surface area (Å²) in [5.41, 5.74) is -1.64. The van der Waals surface area contributed by atoms with Gasteiger partial charge in [0, 0.05) is 17.7 Å². The van der Waals surface area contributed by atoms with Gasteiger partial charge >= 0.3 is 0 Å². The molecule has 0 aliphatic carbocycles. The van der Waals surface area contributed by atoms with E-state index in [1.165, 1.54) is 6.07 Å². The van der Waals surface area contributed by atoms with Crippen LogP contribution in [0.5, 0.6) is 23.0 Å². The number of ether oxygens (including phenoxy) is 3. The van der Waals surface area contributed by atoms with Crippen molar-refractivity contribution in [2.75, 3.05) is 13.2 Å². The maximum absolute atomic E-state index is 13.2. The number of fused-ring (bicyclic) bond motifs is 1. The van der Waals surface area contributed by atoms with Crippen LogP contribution in [-0.4, -0.2) is 125 Å². The number of aliphatic hydroxyl groups excluding tert-OH is 8. The molecule has 2 aliphatic rings. The summed E-state index contributed by atoms with van der Waals surface area (Å²) >= 11 is 0. The average Bonchev–Trinajstić information content (AvgIpc) is 2.97. The van der Waals surface area contributed by atoms with Crippen LogP contribution < -0.4 is 10.2 Å². The van der Waals surface area contributed by atoms with E-state index in [0.717, 1.165) is 24.3 Å². The van der Waals surface area contributed by atoms with Crippen molar-refractivity contribution in [2.24, 2.45) is 0 Å². The van der Waals surface area contributed by atoms with Crippen molar-refractivity contribution in [3.05, 3.63) is 46.1 Å². The number of aliphatic hydroxyl groups is 8. The quantitative estimate of drug-likeness (QED) is 0.135. The van der Waals surface area contributed by atoms with E-state index in [1.54, 1.807) is 0 Å². The fourth-order valence-electron chi connectivity index (χ4n) is 5.13. The lowest BCUT2D eigenvalue weighted by Gasteiger charge is -2.40. The highest BCUT2D eigenvalue weighted by atomic mass is 16.7. The molecule has 10 unspecified atom stereocenters. The first kappa shape index (κ1) is 30.9. The molecule has 16 heteroatoms.